The Labute approximate surface area is 177 Å². The Balaban J connectivity index is 1.61. The number of carbonyl (C=O) groups excluding carboxylic acids is 1. The minimum Gasteiger partial charge on any atom is -0.495 e. The number of methoxy groups -OCH3 is 1. The summed E-state index contributed by atoms with van der Waals surface area (Å²) < 4.78 is 5.17. The minimum absolute atomic E-state index is 0.164. The predicted molar refractivity (Wildman–Crippen MR) is 118 cm³/mol. The smallest absolute Gasteiger partial charge is 0.242 e. The van der Waals surface area contributed by atoms with E-state index >= 15 is 0 Å². The molecule has 0 saturated carbocycles. The number of halogens is 1. The van der Waals surface area contributed by atoms with E-state index in [0.29, 0.717) is 21.6 Å². The third-order valence-electron chi connectivity index (χ3n) is 4.36. The van der Waals surface area contributed by atoms with Gasteiger partial charge in [-0.3, -0.25) is 4.79 Å². The van der Waals surface area contributed by atoms with Crippen LogP contribution in [-0.4, -0.2) is 23.0 Å². The van der Waals surface area contributed by atoms with Crippen LogP contribution in [0.1, 0.15) is 10.8 Å². The molecule has 0 saturated heterocycles. The number of fused-ring (bicyclic) bond motifs is 1. The van der Waals surface area contributed by atoms with Crippen LogP contribution < -0.4 is 10.1 Å². The average molecular weight is 424 g/mol. The average Bonchev–Trinajstić information content (AvgIpc) is 3.15. The number of aromatic amines is 1. The molecule has 2 N–H and O–H groups in total. The molecule has 1 heterocycles. The standard InChI is InChI=1S/C22H18ClN3O2S/c1-28-19-12-11-15(13-16(19)23)24-21(27)20(14-7-3-2-4-8-14)29-22-25-17-9-5-6-10-18(17)26-22/h2-13,20H,1H3,(H,24,27)(H,25,26). The number of rotatable bonds is 6. The summed E-state index contributed by atoms with van der Waals surface area (Å²) >= 11 is 7.56. The van der Waals surface area contributed by atoms with E-state index in [0.717, 1.165) is 16.6 Å². The lowest BCUT2D eigenvalue weighted by Crippen LogP contribution is -2.19. The highest BCUT2D eigenvalue weighted by Crippen LogP contribution is 2.36. The van der Waals surface area contributed by atoms with Gasteiger partial charge in [0.15, 0.2) is 5.16 Å². The molecule has 1 aromatic heterocycles. The quantitative estimate of drug-likeness (QED) is 0.390. The van der Waals surface area contributed by atoms with E-state index in [2.05, 4.69) is 15.3 Å². The maximum atomic E-state index is 13.2. The number of carbonyl (C=O) groups is 1. The number of para-hydroxylation sites is 2. The molecule has 146 valence electrons. The number of nitrogens with one attached hydrogen (secondary N) is 2. The van der Waals surface area contributed by atoms with Crippen molar-refractivity contribution in [2.75, 3.05) is 12.4 Å². The summed E-state index contributed by atoms with van der Waals surface area (Å²) in [7, 11) is 1.55. The number of nitrogens with zero attached hydrogens (tertiary/aromatic N) is 1. The first-order valence-electron chi connectivity index (χ1n) is 8.95. The first-order chi connectivity index (χ1) is 14.1. The number of benzene rings is 3. The second kappa shape index (κ2) is 8.59. The molecule has 7 heteroatoms. The van der Waals surface area contributed by atoms with Crippen LogP contribution in [-0.2, 0) is 4.79 Å². The van der Waals surface area contributed by atoms with E-state index in [9.17, 15) is 4.79 Å². The van der Waals surface area contributed by atoms with Gasteiger partial charge >= 0.3 is 0 Å². The number of aromatic nitrogens is 2. The van der Waals surface area contributed by atoms with Crippen molar-refractivity contribution in [2.45, 2.75) is 10.4 Å². The SMILES string of the molecule is COc1ccc(NC(=O)C(Sc2nc3ccccc3[nH]2)c2ccccc2)cc1Cl. The van der Waals surface area contributed by atoms with Gasteiger partial charge < -0.3 is 15.0 Å². The third kappa shape index (κ3) is 4.39. The molecule has 0 aliphatic heterocycles. The zero-order valence-electron chi connectivity index (χ0n) is 15.6. The Morgan fingerprint density at radius 2 is 1.86 bits per heavy atom. The number of H-pyrrole nitrogens is 1. The topological polar surface area (TPSA) is 67.0 Å². The van der Waals surface area contributed by atoms with Crippen molar-refractivity contribution in [1.82, 2.24) is 9.97 Å². The molecule has 0 spiro atoms. The summed E-state index contributed by atoms with van der Waals surface area (Å²) in [6.07, 6.45) is 0. The number of ether oxygens (including phenoxy) is 1. The molecular weight excluding hydrogens is 406 g/mol. The Kier molecular flexibility index (Phi) is 5.74. The van der Waals surface area contributed by atoms with E-state index in [1.807, 2.05) is 54.6 Å². The highest BCUT2D eigenvalue weighted by atomic mass is 35.5. The second-order valence-electron chi connectivity index (χ2n) is 6.31. The lowest BCUT2D eigenvalue weighted by Gasteiger charge is -2.16. The Bertz CT molecular complexity index is 1110. The molecule has 0 radical (unpaired) electrons. The summed E-state index contributed by atoms with van der Waals surface area (Å²) in [5.74, 6) is 0.392. The van der Waals surface area contributed by atoms with E-state index in [1.165, 1.54) is 11.8 Å². The highest BCUT2D eigenvalue weighted by Gasteiger charge is 2.24. The molecular formula is C22H18ClN3O2S. The predicted octanol–water partition coefficient (Wildman–Crippen LogP) is 5.70. The summed E-state index contributed by atoms with van der Waals surface area (Å²) in [4.78, 5) is 21.0. The molecule has 4 aromatic rings. The van der Waals surface area contributed by atoms with Crippen LogP contribution in [0.5, 0.6) is 5.75 Å². The van der Waals surface area contributed by atoms with Gasteiger partial charge in [0.1, 0.15) is 11.0 Å². The molecule has 0 aliphatic rings. The zero-order valence-corrected chi connectivity index (χ0v) is 17.1. The summed E-state index contributed by atoms with van der Waals surface area (Å²) in [5, 5.41) is 3.58. The minimum atomic E-state index is -0.488. The Morgan fingerprint density at radius 1 is 1.10 bits per heavy atom. The van der Waals surface area contributed by atoms with Gasteiger partial charge in [-0.25, -0.2) is 4.98 Å². The van der Waals surface area contributed by atoms with Crippen molar-refractivity contribution >= 4 is 46.0 Å². The summed E-state index contributed by atoms with van der Waals surface area (Å²) in [5.41, 5.74) is 3.29. The van der Waals surface area contributed by atoms with Crippen molar-refractivity contribution in [3.63, 3.8) is 0 Å². The summed E-state index contributed by atoms with van der Waals surface area (Å²) in [6, 6.07) is 22.6. The van der Waals surface area contributed by atoms with Gasteiger partial charge in [-0.2, -0.15) is 0 Å². The fourth-order valence-corrected chi connectivity index (χ4v) is 4.21. The van der Waals surface area contributed by atoms with Crippen molar-refractivity contribution in [3.8, 4) is 5.75 Å². The molecule has 0 bridgehead atoms. The van der Waals surface area contributed by atoms with Crippen molar-refractivity contribution < 1.29 is 9.53 Å². The van der Waals surface area contributed by atoms with E-state index in [4.69, 9.17) is 16.3 Å². The fourth-order valence-electron chi connectivity index (χ4n) is 2.95. The normalized spacial score (nSPS) is 11.9. The molecule has 5 nitrogen and oxygen atoms in total. The van der Waals surface area contributed by atoms with E-state index in [-0.39, 0.29) is 5.91 Å². The van der Waals surface area contributed by atoms with Gasteiger partial charge in [-0.15, -0.1) is 0 Å². The largest absolute Gasteiger partial charge is 0.495 e. The lowest BCUT2D eigenvalue weighted by atomic mass is 10.1. The van der Waals surface area contributed by atoms with Crippen LogP contribution in [0.15, 0.2) is 78.0 Å². The van der Waals surface area contributed by atoms with Gasteiger partial charge in [0, 0.05) is 5.69 Å². The number of hydrogen-bond donors (Lipinski definition) is 2. The first kappa shape index (κ1) is 19.4. The Hall–Kier alpha value is -2.96. The maximum Gasteiger partial charge on any atom is 0.242 e. The van der Waals surface area contributed by atoms with Crippen molar-refractivity contribution in [1.29, 1.82) is 0 Å². The van der Waals surface area contributed by atoms with Gasteiger partial charge in [0.2, 0.25) is 5.91 Å². The lowest BCUT2D eigenvalue weighted by molar-refractivity contribution is -0.115. The number of hydrogen-bond acceptors (Lipinski definition) is 4. The van der Waals surface area contributed by atoms with E-state index in [1.54, 1.807) is 25.3 Å². The van der Waals surface area contributed by atoms with Crippen LogP contribution in [0.4, 0.5) is 5.69 Å². The maximum absolute atomic E-state index is 13.2. The van der Waals surface area contributed by atoms with Crippen molar-refractivity contribution in [2.24, 2.45) is 0 Å². The van der Waals surface area contributed by atoms with Crippen molar-refractivity contribution in [3.05, 3.63) is 83.4 Å². The van der Waals surface area contributed by atoms with Gasteiger partial charge in [0.05, 0.1) is 23.2 Å². The molecule has 0 fully saturated rings. The second-order valence-corrected chi connectivity index (χ2v) is 7.81. The Morgan fingerprint density at radius 3 is 2.59 bits per heavy atom. The number of imidazole rings is 1. The molecule has 29 heavy (non-hydrogen) atoms. The molecule has 3 aromatic carbocycles. The highest BCUT2D eigenvalue weighted by molar-refractivity contribution is 8.00. The van der Waals surface area contributed by atoms with Gasteiger partial charge in [-0.1, -0.05) is 65.8 Å². The fraction of sp³-hybridized carbons (Fsp3) is 0.0909. The van der Waals surface area contributed by atoms with Gasteiger partial charge in [0.25, 0.3) is 0 Å². The number of amides is 1. The molecule has 4 rings (SSSR count). The monoisotopic (exact) mass is 423 g/mol. The number of thioether (sulfide) groups is 1. The molecule has 1 amide bonds. The number of anilines is 1. The first-order valence-corrected chi connectivity index (χ1v) is 10.2. The summed E-state index contributed by atoms with van der Waals surface area (Å²) in [6.45, 7) is 0. The van der Waals surface area contributed by atoms with Crippen LogP contribution >= 0.6 is 23.4 Å². The zero-order chi connectivity index (χ0) is 20.2. The molecule has 1 unspecified atom stereocenters. The van der Waals surface area contributed by atoms with Crippen LogP contribution in [0, 0.1) is 0 Å². The van der Waals surface area contributed by atoms with Gasteiger partial charge in [-0.05, 0) is 35.9 Å². The van der Waals surface area contributed by atoms with Crippen LogP contribution in [0.2, 0.25) is 5.02 Å². The van der Waals surface area contributed by atoms with Crippen LogP contribution in [0.3, 0.4) is 0 Å². The third-order valence-corrected chi connectivity index (χ3v) is 5.79. The van der Waals surface area contributed by atoms with Crippen LogP contribution in [0.25, 0.3) is 11.0 Å². The molecule has 0 aliphatic carbocycles. The van der Waals surface area contributed by atoms with E-state index < -0.39 is 5.25 Å². The molecule has 1 atom stereocenters.